The second kappa shape index (κ2) is 5.52. The number of carbonyl (C=O) groups is 1. The number of aliphatic hydroxyl groups is 1. The summed E-state index contributed by atoms with van der Waals surface area (Å²) in [5, 5.41) is 13.9. The number of hydrogen-bond donors (Lipinski definition) is 2. The lowest BCUT2D eigenvalue weighted by molar-refractivity contribution is -0.0139. The average molecular weight is 291 g/mol. The fourth-order valence-corrected chi connectivity index (χ4v) is 3.60. The van der Waals surface area contributed by atoms with Crippen LogP contribution >= 0.6 is 11.3 Å². The summed E-state index contributed by atoms with van der Waals surface area (Å²) in [7, 11) is 0. The summed E-state index contributed by atoms with van der Waals surface area (Å²) in [5.74, 6) is -0.127. The highest BCUT2D eigenvalue weighted by atomic mass is 32.1. The molecule has 5 heteroatoms. The van der Waals surface area contributed by atoms with Crippen LogP contribution in [0.5, 0.6) is 0 Å². The van der Waals surface area contributed by atoms with Gasteiger partial charge in [-0.1, -0.05) is 18.2 Å². The van der Waals surface area contributed by atoms with E-state index in [1.807, 2.05) is 31.2 Å². The van der Waals surface area contributed by atoms with Gasteiger partial charge in [0.2, 0.25) is 0 Å². The molecule has 2 aromatic rings. The van der Waals surface area contributed by atoms with Crippen molar-refractivity contribution in [3.05, 3.63) is 34.7 Å². The maximum atomic E-state index is 12.4. The van der Waals surface area contributed by atoms with Crippen LogP contribution in [-0.4, -0.2) is 36.4 Å². The lowest BCUT2D eigenvalue weighted by atomic mass is 10.1. The Morgan fingerprint density at radius 2 is 2.25 bits per heavy atom. The van der Waals surface area contributed by atoms with Crippen LogP contribution < -0.4 is 5.32 Å². The van der Waals surface area contributed by atoms with Gasteiger partial charge in [-0.05, 0) is 30.4 Å². The number of amides is 1. The number of nitrogens with one attached hydrogen (secondary N) is 1. The smallest absolute Gasteiger partial charge is 0.262 e. The van der Waals surface area contributed by atoms with Gasteiger partial charge < -0.3 is 15.2 Å². The molecule has 2 N–H and O–H groups in total. The first kappa shape index (κ1) is 13.5. The SMILES string of the molecule is Cc1c(C(=O)N[C@@H]2COCC[C@H]2O)sc2ccccc12. The van der Waals surface area contributed by atoms with Crippen molar-refractivity contribution in [2.45, 2.75) is 25.5 Å². The highest BCUT2D eigenvalue weighted by Gasteiger charge is 2.26. The molecule has 1 aromatic heterocycles. The second-order valence-corrected chi connectivity index (χ2v) is 6.12. The minimum Gasteiger partial charge on any atom is -0.391 e. The number of thiophene rings is 1. The Kier molecular flexibility index (Phi) is 3.74. The first-order valence-corrected chi connectivity index (χ1v) is 7.53. The minimum absolute atomic E-state index is 0.127. The zero-order valence-electron chi connectivity index (χ0n) is 11.3. The van der Waals surface area contributed by atoms with Gasteiger partial charge in [0.05, 0.1) is 23.6 Å². The summed E-state index contributed by atoms with van der Waals surface area (Å²) in [5.41, 5.74) is 0.995. The molecule has 1 aliphatic rings. The molecular weight excluding hydrogens is 274 g/mol. The van der Waals surface area contributed by atoms with E-state index >= 15 is 0 Å². The average Bonchev–Trinajstić information content (AvgIpc) is 2.79. The molecule has 0 saturated carbocycles. The number of carbonyl (C=O) groups excluding carboxylic acids is 1. The Bertz CT molecular complexity index is 637. The van der Waals surface area contributed by atoms with Gasteiger partial charge in [0.15, 0.2) is 0 Å². The van der Waals surface area contributed by atoms with Gasteiger partial charge in [0.25, 0.3) is 5.91 Å². The van der Waals surface area contributed by atoms with Crippen molar-refractivity contribution in [2.75, 3.05) is 13.2 Å². The fraction of sp³-hybridized carbons (Fsp3) is 0.400. The highest BCUT2D eigenvalue weighted by Crippen LogP contribution is 2.30. The molecule has 0 unspecified atom stereocenters. The van der Waals surface area contributed by atoms with Crippen molar-refractivity contribution >= 4 is 27.3 Å². The van der Waals surface area contributed by atoms with Gasteiger partial charge in [-0.15, -0.1) is 11.3 Å². The quantitative estimate of drug-likeness (QED) is 0.891. The third-order valence-corrected chi connectivity index (χ3v) is 4.96. The van der Waals surface area contributed by atoms with Crippen LogP contribution in [0.25, 0.3) is 10.1 Å². The number of aliphatic hydroxyl groups excluding tert-OH is 1. The number of rotatable bonds is 2. The number of ether oxygens (including phenoxy) is 1. The van der Waals surface area contributed by atoms with Crippen LogP contribution in [0, 0.1) is 6.92 Å². The van der Waals surface area contributed by atoms with Crippen LogP contribution in [0.2, 0.25) is 0 Å². The van der Waals surface area contributed by atoms with Crippen molar-refractivity contribution in [1.29, 1.82) is 0 Å². The van der Waals surface area contributed by atoms with Gasteiger partial charge in [-0.3, -0.25) is 4.79 Å². The van der Waals surface area contributed by atoms with Crippen LogP contribution in [0.15, 0.2) is 24.3 Å². The van der Waals surface area contributed by atoms with E-state index in [2.05, 4.69) is 5.32 Å². The zero-order valence-corrected chi connectivity index (χ0v) is 12.1. The maximum absolute atomic E-state index is 12.4. The molecule has 1 amide bonds. The van der Waals surface area contributed by atoms with E-state index in [0.717, 1.165) is 15.6 Å². The molecule has 1 fully saturated rings. The lowest BCUT2D eigenvalue weighted by Gasteiger charge is -2.28. The fourth-order valence-electron chi connectivity index (χ4n) is 2.49. The first-order chi connectivity index (χ1) is 9.66. The molecule has 1 saturated heterocycles. The number of fused-ring (bicyclic) bond motifs is 1. The Labute approximate surface area is 121 Å². The molecule has 2 atom stereocenters. The summed E-state index contributed by atoms with van der Waals surface area (Å²) < 4.78 is 6.41. The molecular formula is C15H17NO3S. The predicted octanol–water partition coefficient (Wildman–Crippen LogP) is 2.09. The topological polar surface area (TPSA) is 58.6 Å². The normalized spacial score (nSPS) is 22.9. The minimum atomic E-state index is -0.526. The summed E-state index contributed by atoms with van der Waals surface area (Å²) in [6.45, 7) is 2.88. The molecule has 2 heterocycles. The molecule has 0 aliphatic carbocycles. The van der Waals surface area contributed by atoms with Gasteiger partial charge in [-0.25, -0.2) is 0 Å². The van der Waals surface area contributed by atoms with Crippen molar-refractivity contribution < 1.29 is 14.6 Å². The first-order valence-electron chi connectivity index (χ1n) is 6.71. The van der Waals surface area contributed by atoms with E-state index in [1.165, 1.54) is 11.3 Å². The Balaban J connectivity index is 1.83. The molecule has 1 aromatic carbocycles. The summed E-state index contributed by atoms with van der Waals surface area (Å²) >= 11 is 1.49. The molecule has 1 aliphatic heterocycles. The third kappa shape index (κ3) is 2.44. The summed E-state index contributed by atoms with van der Waals surface area (Å²) in [6, 6.07) is 7.67. The zero-order chi connectivity index (χ0) is 14.1. The van der Waals surface area contributed by atoms with Gasteiger partial charge >= 0.3 is 0 Å². The van der Waals surface area contributed by atoms with Crippen molar-refractivity contribution in [2.24, 2.45) is 0 Å². The monoisotopic (exact) mass is 291 g/mol. The molecule has 3 rings (SSSR count). The standard InChI is InChI=1S/C15H17NO3S/c1-9-10-4-2-3-5-13(10)20-14(9)15(18)16-11-8-19-7-6-12(11)17/h2-5,11-12,17H,6-8H2,1H3,(H,16,18)/t11-,12-/m1/s1. The van der Waals surface area contributed by atoms with Crippen molar-refractivity contribution in [1.82, 2.24) is 5.32 Å². The van der Waals surface area contributed by atoms with Crippen molar-refractivity contribution in [3.8, 4) is 0 Å². The Morgan fingerprint density at radius 1 is 1.45 bits per heavy atom. The van der Waals surface area contributed by atoms with Crippen LogP contribution in [0.3, 0.4) is 0 Å². The second-order valence-electron chi connectivity index (χ2n) is 5.06. The molecule has 20 heavy (non-hydrogen) atoms. The molecule has 0 radical (unpaired) electrons. The Hall–Kier alpha value is -1.43. The number of hydrogen-bond acceptors (Lipinski definition) is 4. The van der Waals surface area contributed by atoms with E-state index in [0.29, 0.717) is 24.5 Å². The van der Waals surface area contributed by atoms with Gasteiger partial charge in [0.1, 0.15) is 0 Å². The molecule has 0 bridgehead atoms. The molecule has 0 spiro atoms. The van der Waals surface area contributed by atoms with Crippen LogP contribution in [-0.2, 0) is 4.74 Å². The van der Waals surface area contributed by atoms with Gasteiger partial charge in [-0.2, -0.15) is 0 Å². The van der Waals surface area contributed by atoms with Crippen LogP contribution in [0.4, 0.5) is 0 Å². The number of benzene rings is 1. The third-order valence-electron chi connectivity index (χ3n) is 3.69. The lowest BCUT2D eigenvalue weighted by Crippen LogP contribution is -2.49. The van der Waals surface area contributed by atoms with E-state index in [9.17, 15) is 9.90 Å². The van der Waals surface area contributed by atoms with Crippen LogP contribution in [0.1, 0.15) is 21.7 Å². The summed E-state index contributed by atoms with van der Waals surface area (Å²) in [4.78, 5) is 13.1. The van der Waals surface area contributed by atoms with E-state index in [-0.39, 0.29) is 11.9 Å². The van der Waals surface area contributed by atoms with E-state index in [4.69, 9.17) is 4.74 Å². The van der Waals surface area contributed by atoms with E-state index < -0.39 is 6.10 Å². The van der Waals surface area contributed by atoms with Crippen molar-refractivity contribution in [3.63, 3.8) is 0 Å². The molecule has 4 nitrogen and oxygen atoms in total. The number of aryl methyl sites for hydroxylation is 1. The van der Waals surface area contributed by atoms with Gasteiger partial charge in [0, 0.05) is 11.3 Å². The maximum Gasteiger partial charge on any atom is 0.262 e. The largest absolute Gasteiger partial charge is 0.391 e. The van der Waals surface area contributed by atoms with E-state index in [1.54, 1.807) is 0 Å². The Morgan fingerprint density at radius 3 is 3.00 bits per heavy atom. The summed E-state index contributed by atoms with van der Waals surface area (Å²) in [6.07, 6.45) is 0.0402. The highest BCUT2D eigenvalue weighted by molar-refractivity contribution is 7.21. The molecule has 106 valence electrons. The predicted molar refractivity (Wildman–Crippen MR) is 79.3 cm³/mol.